The van der Waals surface area contributed by atoms with Gasteiger partial charge >= 0.3 is 0 Å². The first-order chi connectivity index (χ1) is 12.6. The molecule has 7 nitrogen and oxygen atoms in total. The van der Waals surface area contributed by atoms with Crippen molar-refractivity contribution in [2.45, 2.75) is 13.5 Å². The van der Waals surface area contributed by atoms with Crippen LogP contribution in [-0.2, 0) is 6.54 Å². The van der Waals surface area contributed by atoms with E-state index in [1.807, 2.05) is 37.3 Å². The van der Waals surface area contributed by atoms with Gasteiger partial charge in [-0.15, -0.1) is 5.10 Å². The van der Waals surface area contributed by atoms with Gasteiger partial charge in [-0.1, -0.05) is 47.7 Å². The maximum atomic E-state index is 12.7. The summed E-state index contributed by atoms with van der Waals surface area (Å²) in [5.74, 6) is -0.167. The Kier molecular flexibility index (Phi) is 3.89. The molecule has 0 saturated carbocycles. The van der Waals surface area contributed by atoms with Crippen LogP contribution in [0.5, 0.6) is 0 Å². The highest BCUT2D eigenvalue weighted by Gasteiger charge is 2.15. The molecular formula is C19H15N5O2. The molecule has 0 bridgehead atoms. The summed E-state index contributed by atoms with van der Waals surface area (Å²) in [6.45, 7) is 1.88. The molecule has 0 fully saturated rings. The van der Waals surface area contributed by atoms with E-state index in [1.54, 1.807) is 24.3 Å². The normalized spacial score (nSPS) is 11.0. The molecule has 2 aromatic heterocycles. The average Bonchev–Trinajstić information content (AvgIpc) is 3.09. The zero-order valence-electron chi connectivity index (χ0n) is 14.0. The first-order valence-corrected chi connectivity index (χ1v) is 8.09. The first kappa shape index (κ1) is 15.9. The lowest BCUT2D eigenvalue weighted by Crippen LogP contribution is -2.25. The average molecular weight is 345 g/mol. The highest BCUT2D eigenvalue weighted by molar-refractivity contribution is 5.95. The lowest BCUT2D eigenvalue weighted by atomic mass is 10.1. The molecule has 0 aliphatic carbocycles. The van der Waals surface area contributed by atoms with E-state index in [-0.39, 0.29) is 17.8 Å². The van der Waals surface area contributed by atoms with E-state index >= 15 is 0 Å². The number of Topliss-reactive ketones (excluding diaryl/α,β-unsaturated/α-hetero) is 1. The third-order valence-electron chi connectivity index (χ3n) is 4.09. The Morgan fingerprint density at radius 1 is 1.08 bits per heavy atom. The van der Waals surface area contributed by atoms with Crippen molar-refractivity contribution in [2.24, 2.45) is 0 Å². The highest BCUT2D eigenvalue weighted by atomic mass is 16.1. The molecule has 0 spiro atoms. The monoisotopic (exact) mass is 345 g/mol. The van der Waals surface area contributed by atoms with Crippen molar-refractivity contribution in [3.8, 4) is 5.69 Å². The van der Waals surface area contributed by atoms with Crippen molar-refractivity contribution in [3.63, 3.8) is 0 Å². The van der Waals surface area contributed by atoms with Gasteiger partial charge in [-0.05, 0) is 24.6 Å². The molecule has 2 aromatic carbocycles. The van der Waals surface area contributed by atoms with Crippen LogP contribution >= 0.6 is 0 Å². The molecule has 4 rings (SSSR count). The van der Waals surface area contributed by atoms with E-state index < -0.39 is 5.56 Å². The highest BCUT2D eigenvalue weighted by Crippen LogP contribution is 2.13. The summed E-state index contributed by atoms with van der Waals surface area (Å²) >= 11 is 0. The molecule has 128 valence electrons. The number of rotatable bonds is 4. The minimum Gasteiger partial charge on any atom is -0.292 e. The van der Waals surface area contributed by atoms with E-state index in [0.717, 1.165) is 11.3 Å². The number of fused-ring (bicyclic) bond motifs is 1. The number of hydrogen-bond acceptors (Lipinski definition) is 5. The van der Waals surface area contributed by atoms with Gasteiger partial charge in [0.1, 0.15) is 6.33 Å². The molecule has 0 atom stereocenters. The van der Waals surface area contributed by atoms with Crippen molar-refractivity contribution in [2.75, 3.05) is 0 Å². The molecule has 0 N–H and O–H groups in total. The van der Waals surface area contributed by atoms with Gasteiger partial charge in [0.15, 0.2) is 16.9 Å². The Hall–Kier alpha value is -3.61. The van der Waals surface area contributed by atoms with E-state index in [2.05, 4.69) is 15.3 Å². The number of nitrogens with zero attached hydrogens (tertiary/aromatic N) is 5. The second-order valence-corrected chi connectivity index (χ2v) is 5.98. The molecule has 0 aliphatic heterocycles. The number of carbonyl (C=O) groups is 1. The predicted octanol–water partition coefficient (Wildman–Crippen LogP) is 2.17. The van der Waals surface area contributed by atoms with Crippen molar-refractivity contribution in [3.05, 3.63) is 82.4 Å². The van der Waals surface area contributed by atoms with E-state index in [4.69, 9.17) is 0 Å². The van der Waals surface area contributed by atoms with Crippen LogP contribution in [-0.4, -0.2) is 30.3 Å². The predicted molar refractivity (Wildman–Crippen MR) is 96.4 cm³/mol. The first-order valence-electron chi connectivity index (χ1n) is 8.09. The number of hydrogen-bond donors (Lipinski definition) is 0. The van der Waals surface area contributed by atoms with Gasteiger partial charge in [-0.3, -0.25) is 14.2 Å². The van der Waals surface area contributed by atoms with Crippen LogP contribution in [0.2, 0.25) is 0 Å². The Morgan fingerprint density at radius 2 is 1.88 bits per heavy atom. The molecule has 26 heavy (non-hydrogen) atoms. The molecule has 4 aromatic rings. The molecule has 0 radical (unpaired) electrons. The van der Waals surface area contributed by atoms with E-state index in [1.165, 1.54) is 15.6 Å². The Bertz CT molecular complexity index is 1160. The van der Waals surface area contributed by atoms with Crippen molar-refractivity contribution in [1.82, 2.24) is 24.5 Å². The Labute approximate surface area is 148 Å². The van der Waals surface area contributed by atoms with Crippen LogP contribution < -0.4 is 5.56 Å². The fourth-order valence-corrected chi connectivity index (χ4v) is 2.76. The van der Waals surface area contributed by atoms with Crippen LogP contribution in [0.1, 0.15) is 15.9 Å². The molecule has 2 heterocycles. The second-order valence-electron chi connectivity index (χ2n) is 5.98. The zero-order valence-corrected chi connectivity index (χ0v) is 14.0. The molecule has 0 amide bonds. The molecule has 0 unspecified atom stereocenters. The van der Waals surface area contributed by atoms with Crippen molar-refractivity contribution in [1.29, 1.82) is 0 Å². The van der Waals surface area contributed by atoms with Crippen LogP contribution in [0.3, 0.4) is 0 Å². The van der Waals surface area contributed by atoms with Gasteiger partial charge in [-0.2, -0.15) is 4.68 Å². The minimum atomic E-state index is -0.391. The van der Waals surface area contributed by atoms with Gasteiger partial charge in [0.05, 0.1) is 12.2 Å². The summed E-state index contributed by atoms with van der Waals surface area (Å²) in [6.07, 6.45) is 1.36. The van der Waals surface area contributed by atoms with Crippen LogP contribution in [0.4, 0.5) is 0 Å². The number of aryl methyl sites for hydroxylation is 1. The van der Waals surface area contributed by atoms with Gasteiger partial charge in [0.2, 0.25) is 0 Å². The van der Waals surface area contributed by atoms with E-state index in [0.29, 0.717) is 11.2 Å². The van der Waals surface area contributed by atoms with Gasteiger partial charge < -0.3 is 0 Å². The summed E-state index contributed by atoms with van der Waals surface area (Å²) < 4.78 is 2.78. The van der Waals surface area contributed by atoms with Gasteiger partial charge in [-0.25, -0.2) is 4.98 Å². The van der Waals surface area contributed by atoms with Crippen LogP contribution in [0.25, 0.3) is 16.9 Å². The topological polar surface area (TPSA) is 82.7 Å². The summed E-state index contributed by atoms with van der Waals surface area (Å²) in [6, 6.07) is 16.5. The van der Waals surface area contributed by atoms with Crippen molar-refractivity contribution >= 4 is 16.9 Å². The maximum absolute atomic E-state index is 12.7. The van der Waals surface area contributed by atoms with Gasteiger partial charge in [0.25, 0.3) is 5.56 Å². The number of aromatic nitrogens is 5. The lowest BCUT2D eigenvalue weighted by molar-refractivity contribution is 0.0970. The Balaban J connectivity index is 1.73. The number of carbonyl (C=O) groups excluding carboxylic acids is 1. The second kappa shape index (κ2) is 6.36. The molecule has 7 heteroatoms. The smallest absolute Gasteiger partial charge is 0.283 e. The number of benzene rings is 2. The number of ketones is 1. The maximum Gasteiger partial charge on any atom is 0.283 e. The SMILES string of the molecule is Cc1cccc(-n2nnc3c(=O)n(CC(=O)c4ccccc4)cnc32)c1. The third-order valence-corrected chi connectivity index (χ3v) is 4.09. The summed E-state index contributed by atoms with van der Waals surface area (Å²) in [5, 5.41) is 8.02. The summed E-state index contributed by atoms with van der Waals surface area (Å²) in [4.78, 5) is 29.3. The fourth-order valence-electron chi connectivity index (χ4n) is 2.76. The fraction of sp³-hybridized carbons (Fsp3) is 0.105. The lowest BCUT2D eigenvalue weighted by Gasteiger charge is -2.05. The Morgan fingerprint density at radius 3 is 2.65 bits per heavy atom. The largest absolute Gasteiger partial charge is 0.292 e. The standard InChI is InChI=1S/C19H15N5O2/c1-13-6-5-9-15(10-13)24-18-17(21-22-24)19(26)23(12-20-18)11-16(25)14-7-3-2-4-8-14/h2-10,12H,11H2,1H3. The quantitative estimate of drug-likeness (QED) is 0.529. The summed E-state index contributed by atoms with van der Waals surface area (Å²) in [5.41, 5.74) is 2.49. The molecule has 0 aliphatic rings. The van der Waals surface area contributed by atoms with Gasteiger partial charge in [0, 0.05) is 5.56 Å². The minimum absolute atomic E-state index is 0.0942. The zero-order chi connectivity index (χ0) is 18.1. The molecule has 0 saturated heterocycles. The third kappa shape index (κ3) is 2.79. The van der Waals surface area contributed by atoms with E-state index in [9.17, 15) is 9.59 Å². The van der Waals surface area contributed by atoms with Crippen LogP contribution in [0, 0.1) is 6.92 Å². The molecular weight excluding hydrogens is 330 g/mol. The summed E-state index contributed by atoms with van der Waals surface area (Å²) in [7, 11) is 0. The van der Waals surface area contributed by atoms with Crippen LogP contribution in [0.15, 0.2) is 65.7 Å². The van der Waals surface area contributed by atoms with Crippen molar-refractivity contribution < 1.29 is 4.79 Å².